The number of rotatable bonds is 10. The molecule has 4 aliphatic rings. The maximum atomic E-state index is 11.5. The second-order valence-corrected chi connectivity index (χ2v) is 16.4. The molecule has 0 aromatic rings. The summed E-state index contributed by atoms with van der Waals surface area (Å²) in [6.07, 6.45) is 18.5. The number of carboxylic acids is 1. The van der Waals surface area contributed by atoms with Crippen molar-refractivity contribution in [2.45, 2.75) is 129 Å². The molecule has 0 amide bonds. The summed E-state index contributed by atoms with van der Waals surface area (Å²) < 4.78 is 0. The molecule has 5 unspecified atom stereocenters. The van der Waals surface area contributed by atoms with Crippen LogP contribution in [-0.4, -0.2) is 21.6 Å². The molecule has 0 aliphatic heterocycles. The minimum absolute atomic E-state index is 0.267. The molecule has 3 saturated carbocycles. The Labute approximate surface area is 224 Å². The third-order valence-electron chi connectivity index (χ3n) is 11.2. The van der Waals surface area contributed by atoms with Gasteiger partial charge in [0.2, 0.25) is 0 Å². The lowest BCUT2D eigenvalue weighted by molar-refractivity contribution is -0.136. The van der Waals surface area contributed by atoms with Gasteiger partial charge in [0.05, 0.1) is 0 Å². The maximum absolute atomic E-state index is 11.5. The van der Waals surface area contributed by atoms with Crippen LogP contribution in [0.3, 0.4) is 0 Å². The van der Waals surface area contributed by atoms with Gasteiger partial charge in [-0.2, -0.15) is 0 Å². The molecule has 200 valence electrons. The summed E-state index contributed by atoms with van der Waals surface area (Å²) in [4.78, 5) is 11.5. The van der Waals surface area contributed by atoms with Crippen molar-refractivity contribution in [2.75, 3.05) is 0 Å². The highest BCUT2D eigenvalue weighted by Crippen LogP contribution is 2.67. The quantitative estimate of drug-likeness (QED) is 0.230. The van der Waals surface area contributed by atoms with Crippen molar-refractivity contribution in [3.05, 3.63) is 11.6 Å². The minimum atomic E-state index is -0.653. The van der Waals surface area contributed by atoms with Gasteiger partial charge in [-0.1, -0.05) is 94.0 Å². The molecular weight excluding hydrogens is 468 g/mol. The SMILES string of the molecule is CCC(SSC1CC[C@@]2(C)C(=CCC3C2CC[C@@]2(C)C3CC[C@@H]2[C@H](C)CCCC(C)C)C1)C(=O)O. The van der Waals surface area contributed by atoms with Crippen LogP contribution in [0.25, 0.3) is 0 Å². The molecule has 0 heterocycles. The summed E-state index contributed by atoms with van der Waals surface area (Å²) in [5, 5.41) is 9.75. The van der Waals surface area contributed by atoms with Crippen molar-refractivity contribution >= 4 is 27.6 Å². The third kappa shape index (κ3) is 5.55. The summed E-state index contributed by atoms with van der Waals surface area (Å²) in [6.45, 7) is 14.6. The number of aliphatic carboxylic acids is 1. The van der Waals surface area contributed by atoms with Crippen LogP contribution in [0.4, 0.5) is 0 Å². The summed E-state index contributed by atoms with van der Waals surface area (Å²) in [7, 11) is 3.47. The molecule has 9 atom stereocenters. The Morgan fingerprint density at radius 3 is 2.54 bits per heavy atom. The fraction of sp³-hybridized carbons (Fsp3) is 0.903. The standard InChI is InChI=1S/C31H52O2S2/c1-7-28(29(32)33)35-34-23-15-17-30(5)22(19-23)11-12-24-26-14-13-25(21(4)10-8-9-20(2)3)31(26,6)18-16-27(24)30/h11,20-21,23-28H,7-10,12-19H2,1-6H3,(H,32,33)/t21-,23?,24?,25-,26?,27?,28?,30+,31-/m1/s1. The van der Waals surface area contributed by atoms with Gasteiger partial charge in [-0.15, -0.1) is 0 Å². The Hall–Kier alpha value is -0.0900. The number of hydrogen-bond donors (Lipinski definition) is 1. The molecule has 4 heteroatoms. The first kappa shape index (κ1) is 27.9. The molecule has 1 N–H and O–H groups in total. The van der Waals surface area contributed by atoms with Crippen LogP contribution in [0.2, 0.25) is 0 Å². The number of allylic oxidation sites excluding steroid dienone is 2. The second-order valence-electron chi connectivity index (χ2n) is 13.6. The molecule has 0 aromatic heterocycles. The highest BCUT2D eigenvalue weighted by Gasteiger charge is 2.59. The normalized spacial score (nSPS) is 40.4. The zero-order valence-electron chi connectivity index (χ0n) is 23.4. The lowest BCUT2D eigenvalue weighted by atomic mass is 9.47. The summed E-state index contributed by atoms with van der Waals surface area (Å²) in [5.74, 6) is 4.70. The Kier molecular flexibility index (Phi) is 9.05. The van der Waals surface area contributed by atoms with Gasteiger partial charge in [0.25, 0.3) is 0 Å². The van der Waals surface area contributed by atoms with E-state index in [9.17, 15) is 9.90 Å². The molecule has 0 spiro atoms. The lowest BCUT2D eigenvalue weighted by Gasteiger charge is -2.58. The Morgan fingerprint density at radius 2 is 1.86 bits per heavy atom. The third-order valence-corrected chi connectivity index (χ3v) is 14.6. The van der Waals surface area contributed by atoms with Crippen LogP contribution in [0.15, 0.2) is 11.6 Å². The zero-order valence-corrected chi connectivity index (χ0v) is 25.0. The molecule has 0 aromatic carbocycles. The second kappa shape index (κ2) is 11.3. The molecule has 4 rings (SSSR count). The molecule has 0 saturated heterocycles. The first-order valence-corrected chi connectivity index (χ1v) is 17.1. The number of carboxylic acid groups (broad SMARTS) is 1. The highest BCUT2D eigenvalue weighted by atomic mass is 33.1. The van der Waals surface area contributed by atoms with Gasteiger partial charge >= 0.3 is 5.97 Å². The average molecular weight is 521 g/mol. The molecule has 0 radical (unpaired) electrons. The monoisotopic (exact) mass is 520 g/mol. The van der Waals surface area contributed by atoms with Gasteiger partial charge in [-0.25, -0.2) is 0 Å². The van der Waals surface area contributed by atoms with Crippen LogP contribution < -0.4 is 0 Å². The highest BCUT2D eigenvalue weighted by molar-refractivity contribution is 8.77. The van der Waals surface area contributed by atoms with E-state index in [0.29, 0.717) is 22.5 Å². The van der Waals surface area contributed by atoms with Gasteiger partial charge in [-0.05, 0) is 104 Å². The van der Waals surface area contributed by atoms with E-state index >= 15 is 0 Å². The fourth-order valence-electron chi connectivity index (χ4n) is 9.16. The van der Waals surface area contributed by atoms with E-state index in [1.807, 2.05) is 17.7 Å². The van der Waals surface area contributed by atoms with E-state index in [0.717, 1.165) is 35.5 Å². The van der Waals surface area contributed by atoms with E-state index in [4.69, 9.17) is 0 Å². The predicted octanol–water partition coefficient (Wildman–Crippen LogP) is 9.64. The van der Waals surface area contributed by atoms with Crippen molar-refractivity contribution in [3.63, 3.8) is 0 Å². The smallest absolute Gasteiger partial charge is 0.317 e. The molecule has 35 heavy (non-hydrogen) atoms. The van der Waals surface area contributed by atoms with Gasteiger partial charge in [0.1, 0.15) is 5.25 Å². The number of hydrogen-bond acceptors (Lipinski definition) is 3. The first-order chi connectivity index (χ1) is 16.6. The van der Waals surface area contributed by atoms with Crippen molar-refractivity contribution in [2.24, 2.45) is 46.3 Å². The van der Waals surface area contributed by atoms with E-state index < -0.39 is 5.97 Å². The summed E-state index contributed by atoms with van der Waals surface area (Å²) in [6, 6.07) is 0. The van der Waals surface area contributed by atoms with Gasteiger partial charge in [0, 0.05) is 5.25 Å². The Bertz CT molecular complexity index is 778. The predicted molar refractivity (Wildman–Crippen MR) is 154 cm³/mol. The zero-order chi connectivity index (χ0) is 25.4. The van der Waals surface area contributed by atoms with Crippen molar-refractivity contribution in [3.8, 4) is 0 Å². The topological polar surface area (TPSA) is 37.3 Å². The Morgan fingerprint density at radius 1 is 1.09 bits per heavy atom. The maximum Gasteiger partial charge on any atom is 0.317 e. The van der Waals surface area contributed by atoms with Crippen LogP contribution in [0.1, 0.15) is 119 Å². The van der Waals surface area contributed by atoms with Crippen molar-refractivity contribution < 1.29 is 9.90 Å². The molecule has 0 bridgehead atoms. The van der Waals surface area contributed by atoms with Crippen molar-refractivity contribution in [1.29, 1.82) is 0 Å². The van der Waals surface area contributed by atoms with Crippen LogP contribution in [-0.2, 0) is 4.79 Å². The molecule has 4 aliphatic carbocycles. The molecule has 2 nitrogen and oxygen atoms in total. The van der Waals surface area contributed by atoms with Crippen LogP contribution >= 0.6 is 21.6 Å². The van der Waals surface area contributed by atoms with Crippen LogP contribution in [0, 0.1) is 46.3 Å². The van der Waals surface area contributed by atoms with Gasteiger partial charge in [-0.3, -0.25) is 4.79 Å². The largest absolute Gasteiger partial charge is 0.480 e. The van der Waals surface area contributed by atoms with E-state index in [-0.39, 0.29) is 5.25 Å². The van der Waals surface area contributed by atoms with E-state index in [2.05, 4.69) is 40.7 Å². The van der Waals surface area contributed by atoms with E-state index in [1.54, 1.807) is 16.4 Å². The molecular formula is C31H52O2S2. The number of fused-ring (bicyclic) bond motifs is 5. The minimum Gasteiger partial charge on any atom is -0.480 e. The van der Waals surface area contributed by atoms with Gasteiger partial charge < -0.3 is 5.11 Å². The number of carbonyl (C=O) groups is 1. The summed E-state index contributed by atoms with van der Waals surface area (Å²) in [5.41, 5.74) is 2.69. The van der Waals surface area contributed by atoms with Gasteiger partial charge in [0.15, 0.2) is 0 Å². The molecule has 3 fully saturated rings. The summed E-state index contributed by atoms with van der Waals surface area (Å²) >= 11 is 0. The van der Waals surface area contributed by atoms with Crippen molar-refractivity contribution in [1.82, 2.24) is 0 Å². The average Bonchev–Trinajstić information content (AvgIpc) is 3.16. The Balaban J connectivity index is 1.41. The first-order valence-electron chi connectivity index (χ1n) is 14.8. The fourth-order valence-corrected chi connectivity index (χ4v) is 12.2. The lowest BCUT2D eigenvalue weighted by Crippen LogP contribution is -2.50. The van der Waals surface area contributed by atoms with E-state index in [1.165, 1.54) is 70.6 Å². The van der Waals surface area contributed by atoms with Crippen LogP contribution in [0.5, 0.6) is 0 Å².